The zero-order valence-electron chi connectivity index (χ0n) is 22.7. The van der Waals surface area contributed by atoms with Crippen molar-refractivity contribution in [1.82, 2.24) is 3.97 Å². The minimum Gasteiger partial charge on any atom is -0.587 e. The number of esters is 1. The highest BCUT2D eigenvalue weighted by Crippen LogP contribution is 2.46. The number of fused-ring (bicyclic) bond motifs is 1. The average molecular weight is 584 g/mol. The molecule has 6 nitrogen and oxygen atoms in total. The van der Waals surface area contributed by atoms with Gasteiger partial charge in [0.15, 0.2) is 4.90 Å². The number of carbonyl (C=O) groups excluding carboxylic acids is 1. The molecule has 9 heteroatoms. The van der Waals surface area contributed by atoms with Gasteiger partial charge in [-0.05, 0) is 67.3 Å². The molecule has 1 atom stereocenters. The van der Waals surface area contributed by atoms with Crippen molar-refractivity contribution in [3.05, 3.63) is 93.9 Å². The second-order valence-electron chi connectivity index (χ2n) is 10.1. The highest BCUT2D eigenvalue weighted by molar-refractivity contribution is 7.90. The van der Waals surface area contributed by atoms with Crippen LogP contribution in [0.25, 0.3) is 33.3 Å². The molecule has 2 aromatic heterocycles. The van der Waals surface area contributed by atoms with E-state index in [0.717, 1.165) is 16.8 Å². The molecule has 0 N–H and O–H groups in total. The SMILES string of the molecule is COC(=O)C1CN(c2cccc(-c3c(-c4ccsc4C#N)c4cc(F)c(C)cc4n3[S+]([O-])c3ccc(C)cc3)c2)C1. The second-order valence-corrected chi connectivity index (χ2v) is 12.4. The van der Waals surface area contributed by atoms with E-state index < -0.39 is 11.4 Å². The van der Waals surface area contributed by atoms with Crippen LogP contribution in [0.2, 0.25) is 0 Å². The Balaban J connectivity index is 1.62. The Labute approximate surface area is 244 Å². The smallest absolute Gasteiger partial charge is 0.312 e. The van der Waals surface area contributed by atoms with Gasteiger partial charge in [-0.3, -0.25) is 4.79 Å². The number of hydrogen-bond acceptors (Lipinski definition) is 6. The summed E-state index contributed by atoms with van der Waals surface area (Å²) in [6.07, 6.45) is 0. The summed E-state index contributed by atoms with van der Waals surface area (Å²) < 4.78 is 36.2. The van der Waals surface area contributed by atoms with Crippen molar-refractivity contribution < 1.29 is 18.5 Å². The van der Waals surface area contributed by atoms with Crippen LogP contribution in [0, 0.1) is 36.9 Å². The molecule has 3 aromatic carbocycles. The van der Waals surface area contributed by atoms with E-state index in [0.29, 0.717) is 56.1 Å². The number of anilines is 1. The normalized spacial score (nSPS) is 14.1. The molecule has 0 aliphatic carbocycles. The number of halogens is 1. The van der Waals surface area contributed by atoms with Crippen molar-refractivity contribution in [3.8, 4) is 28.5 Å². The summed E-state index contributed by atoms with van der Waals surface area (Å²) in [5, 5.41) is 12.4. The number of nitriles is 1. The van der Waals surface area contributed by atoms with Crippen molar-refractivity contribution in [2.24, 2.45) is 5.92 Å². The molecule has 1 aliphatic rings. The van der Waals surface area contributed by atoms with Gasteiger partial charge in [-0.1, -0.05) is 29.8 Å². The lowest BCUT2D eigenvalue weighted by molar-refractivity contribution is -0.146. The number of rotatable bonds is 6. The van der Waals surface area contributed by atoms with Gasteiger partial charge >= 0.3 is 5.97 Å². The molecule has 0 saturated carbocycles. The largest absolute Gasteiger partial charge is 0.587 e. The monoisotopic (exact) mass is 583 g/mol. The lowest BCUT2D eigenvalue weighted by Gasteiger charge is -2.39. The van der Waals surface area contributed by atoms with Gasteiger partial charge in [0.2, 0.25) is 0 Å². The van der Waals surface area contributed by atoms with Gasteiger partial charge in [-0.2, -0.15) is 9.23 Å². The van der Waals surface area contributed by atoms with E-state index in [1.165, 1.54) is 24.5 Å². The third-order valence-corrected chi connectivity index (χ3v) is 9.74. The summed E-state index contributed by atoms with van der Waals surface area (Å²) in [5.74, 6) is -0.790. The molecular formula is C32H26FN3O3S2. The van der Waals surface area contributed by atoms with Crippen LogP contribution in [0.15, 0.2) is 77.0 Å². The number of thiophene rings is 1. The fraction of sp³-hybridized carbons (Fsp3) is 0.188. The van der Waals surface area contributed by atoms with Crippen LogP contribution >= 0.6 is 11.3 Å². The highest BCUT2D eigenvalue weighted by atomic mass is 32.2. The molecule has 1 fully saturated rings. The molecule has 206 valence electrons. The maximum atomic E-state index is 15.1. The number of ether oxygens (including phenoxy) is 1. The van der Waals surface area contributed by atoms with E-state index in [4.69, 9.17) is 4.74 Å². The Kier molecular flexibility index (Phi) is 7.08. The zero-order chi connectivity index (χ0) is 28.8. The number of benzene rings is 3. The Morgan fingerprint density at radius 2 is 1.88 bits per heavy atom. The highest BCUT2D eigenvalue weighted by Gasteiger charge is 2.35. The Hall–Kier alpha value is -4.10. The molecule has 41 heavy (non-hydrogen) atoms. The van der Waals surface area contributed by atoms with Gasteiger partial charge in [0.1, 0.15) is 33.8 Å². The van der Waals surface area contributed by atoms with Gasteiger partial charge in [0, 0.05) is 40.9 Å². The van der Waals surface area contributed by atoms with Crippen LogP contribution < -0.4 is 4.90 Å². The predicted molar refractivity (Wildman–Crippen MR) is 161 cm³/mol. The molecule has 1 saturated heterocycles. The van der Waals surface area contributed by atoms with E-state index in [-0.39, 0.29) is 17.7 Å². The van der Waals surface area contributed by atoms with E-state index in [1.807, 2.05) is 66.9 Å². The van der Waals surface area contributed by atoms with Crippen LogP contribution in [0.4, 0.5) is 10.1 Å². The summed E-state index contributed by atoms with van der Waals surface area (Å²) in [6.45, 7) is 4.73. The fourth-order valence-corrected chi connectivity index (χ4v) is 7.26. The molecule has 5 aromatic rings. The summed E-state index contributed by atoms with van der Waals surface area (Å²) in [5.41, 5.74) is 5.72. The molecule has 1 unspecified atom stereocenters. The number of nitrogens with zero attached hydrogens (tertiary/aromatic N) is 3. The van der Waals surface area contributed by atoms with Gasteiger partial charge in [0.05, 0.1) is 18.5 Å². The maximum Gasteiger partial charge on any atom is 0.312 e. The first kappa shape index (κ1) is 27.1. The van der Waals surface area contributed by atoms with Crippen molar-refractivity contribution in [3.63, 3.8) is 0 Å². The quantitative estimate of drug-likeness (QED) is 0.161. The second kappa shape index (κ2) is 10.7. The molecule has 1 aliphatic heterocycles. The standard InChI is InChI=1S/C32H26FN3O3S2/c1-19-7-9-24(10-8-19)41(38)36-28-13-20(2)27(33)15-26(28)30(25-11-12-40-29(25)16-34)31(36)21-5-4-6-23(14-21)35-17-22(18-35)32(37)39-3/h4-15,22H,17-18H2,1-3H3. The zero-order valence-corrected chi connectivity index (χ0v) is 24.3. The molecule has 0 bridgehead atoms. The Morgan fingerprint density at radius 1 is 1.12 bits per heavy atom. The van der Waals surface area contributed by atoms with Gasteiger partial charge in [0.25, 0.3) is 0 Å². The van der Waals surface area contributed by atoms with Crippen molar-refractivity contribution in [1.29, 1.82) is 5.26 Å². The van der Waals surface area contributed by atoms with Crippen LogP contribution in [-0.2, 0) is 20.9 Å². The molecule has 3 heterocycles. The Bertz CT molecular complexity index is 1830. The third kappa shape index (κ3) is 4.68. The molecular weight excluding hydrogens is 558 g/mol. The lowest BCUT2D eigenvalue weighted by Crippen LogP contribution is -2.50. The number of aromatic nitrogens is 1. The lowest BCUT2D eigenvalue weighted by atomic mass is 9.96. The number of hydrogen-bond donors (Lipinski definition) is 0. The van der Waals surface area contributed by atoms with Crippen LogP contribution in [0.1, 0.15) is 16.0 Å². The van der Waals surface area contributed by atoms with Gasteiger partial charge in [-0.15, -0.1) is 11.3 Å². The minimum atomic E-state index is -1.68. The first-order valence-corrected chi connectivity index (χ1v) is 15.0. The molecule has 0 spiro atoms. The summed E-state index contributed by atoms with van der Waals surface area (Å²) in [7, 11) is 1.39. The summed E-state index contributed by atoms with van der Waals surface area (Å²) in [4.78, 5) is 15.2. The van der Waals surface area contributed by atoms with E-state index in [2.05, 4.69) is 11.0 Å². The fourth-order valence-electron chi connectivity index (χ4n) is 5.30. The minimum absolute atomic E-state index is 0.186. The summed E-state index contributed by atoms with van der Waals surface area (Å²) >= 11 is -0.371. The van der Waals surface area contributed by atoms with E-state index in [1.54, 1.807) is 17.0 Å². The first-order valence-electron chi connectivity index (χ1n) is 13.1. The molecule has 6 rings (SSSR count). The average Bonchev–Trinajstić information content (AvgIpc) is 3.54. The van der Waals surface area contributed by atoms with Crippen molar-refractivity contribution in [2.45, 2.75) is 18.7 Å². The molecule has 0 radical (unpaired) electrons. The van der Waals surface area contributed by atoms with E-state index >= 15 is 4.39 Å². The van der Waals surface area contributed by atoms with E-state index in [9.17, 15) is 14.6 Å². The van der Waals surface area contributed by atoms with Crippen molar-refractivity contribution in [2.75, 3.05) is 25.1 Å². The first-order chi connectivity index (χ1) is 19.8. The maximum absolute atomic E-state index is 15.1. The van der Waals surface area contributed by atoms with Crippen LogP contribution in [-0.4, -0.2) is 34.7 Å². The topological polar surface area (TPSA) is 81.3 Å². The van der Waals surface area contributed by atoms with Crippen LogP contribution in [0.3, 0.4) is 0 Å². The van der Waals surface area contributed by atoms with Gasteiger partial charge < -0.3 is 14.2 Å². The van der Waals surface area contributed by atoms with Crippen LogP contribution in [0.5, 0.6) is 0 Å². The number of methoxy groups -OCH3 is 1. The number of carbonyl (C=O) groups is 1. The molecule has 0 amide bonds. The number of aryl methyl sites for hydroxylation is 2. The Morgan fingerprint density at radius 3 is 2.59 bits per heavy atom. The van der Waals surface area contributed by atoms with Gasteiger partial charge in [-0.25, -0.2) is 4.39 Å². The third-order valence-electron chi connectivity index (χ3n) is 7.53. The summed E-state index contributed by atoms with van der Waals surface area (Å²) in [6, 6.07) is 22.7. The van der Waals surface area contributed by atoms with Crippen molar-refractivity contribution >= 4 is 45.3 Å². The predicted octanol–water partition coefficient (Wildman–Crippen LogP) is 6.84.